The molecular formula is C22H28N2O5. The quantitative estimate of drug-likeness (QED) is 0.599. The molecule has 0 aliphatic rings. The smallest absolute Gasteiger partial charge is 0.251 e. The van der Waals surface area contributed by atoms with Crippen LogP contribution < -0.4 is 24.8 Å². The van der Waals surface area contributed by atoms with Gasteiger partial charge in [-0.05, 0) is 54.4 Å². The third-order valence-electron chi connectivity index (χ3n) is 4.32. The van der Waals surface area contributed by atoms with E-state index in [1.165, 1.54) is 0 Å². The molecule has 0 aliphatic heterocycles. The largest absolute Gasteiger partial charge is 0.497 e. The maximum atomic E-state index is 12.5. The van der Waals surface area contributed by atoms with Crippen molar-refractivity contribution in [3.63, 3.8) is 0 Å². The molecule has 156 valence electrons. The highest BCUT2D eigenvalue weighted by molar-refractivity contribution is 5.97. The normalized spacial score (nSPS) is 11.5. The molecule has 2 aromatic rings. The fourth-order valence-electron chi connectivity index (χ4n) is 2.63. The van der Waals surface area contributed by atoms with Crippen LogP contribution in [-0.2, 0) is 4.79 Å². The molecule has 0 saturated carbocycles. The molecule has 1 unspecified atom stereocenters. The second kappa shape index (κ2) is 10.9. The van der Waals surface area contributed by atoms with Gasteiger partial charge in [-0.25, -0.2) is 0 Å². The van der Waals surface area contributed by atoms with Crippen LogP contribution in [0.25, 0.3) is 0 Å². The van der Waals surface area contributed by atoms with Crippen molar-refractivity contribution in [1.29, 1.82) is 0 Å². The first-order valence-electron chi connectivity index (χ1n) is 9.44. The second-order valence-corrected chi connectivity index (χ2v) is 6.74. The molecule has 0 fully saturated rings. The summed E-state index contributed by atoms with van der Waals surface area (Å²) >= 11 is 0. The summed E-state index contributed by atoms with van der Waals surface area (Å²) in [5, 5.41) is 5.60. The Labute approximate surface area is 171 Å². The van der Waals surface area contributed by atoms with Crippen molar-refractivity contribution in [1.82, 2.24) is 10.6 Å². The fraction of sp³-hybridized carbons (Fsp3) is 0.364. The van der Waals surface area contributed by atoms with Crippen molar-refractivity contribution in [2.75, 3.05) is 27.4 Å². The van der Waals surface area contributed by atoms with Gasteiger partial charge in [0.05, 0.1) is 20.8 Å². The van der Waals surface area contributed by atoms with Crippen molar-refractivity contribution in [2.45, 2.75) is 19.9 Å². The Morgan fingerprint density at radius 2 is 1.38 bits per heavy atom. The molecule has 1 atom stereocenters. The highest BCUT2D eigenvalue weighted by Gasteiger charge is 2.24. The van der Waals surface area contributed by atoms with Gasteiger partial charge in [0.25, 0.3) is 5.91 Å². The summed E-state index contributed by atoms with van der Waals surface area (Å²) in [5.41, 5.74) is 0.465. The van der Waals surface area contributed by atoms with Crippen molar-refractivity contribution < 1.29 is 23.8 Å². The van der Waals surface area contributed by atoms with Crippen LogP contribution in [-0.4, -0.2) is 45.2 Å². The van der Waals surface area contributed by atoms with Crippen LogP contribution >= 0.6 is 0 Å². The molecule has 0 spiro atoms. The van der Waals surface area contributed by atoms with Gasteiger partial charge >= 0.3 is 0 Å². The minimum Gasteiger partial charge on any atom is -0.497 e. The molecule has 2 aromatic carbocycles. The van der Waals surface area contributed by atoms with Gasteiger partial charge < -0.3 is 24.8 Å². The Hall–Kier alpha value is -3.22. The van der Waals surface area contributed by atoms with Crippen LogP contribution in [0.2, 0.25) is 0 Å². The van der Waals surface area contributed by atoms with E-state index in [1.807, 2.05) is 13.8 Å². The maximum Gasteiger partial charge on any atom is 0.251 e. The lowest BCUT2D eigenvalue weighted by atomic mass is 10.0. The van der Waals surface area contributed by atoms with Gasteiger partial charge in [0.2, 0.25) is 5.91 Å². The topological polar surface area (TPSA) is 85.9 Å². The van der Waals surface area contributed by atoms with Crippen LogP contribution in [0.15, 0.2) is 48.5 Å². The summed E-state index contributed by atoms with van der Waals surface area (Å²) in [5.74, 6) is 1.47. The van der Waals surface area contributed by atoms with E-state index in [0.29, 0.717) is 30.2 Å². The number of benzene rings is 2. The van der Waals surface area contributed by atoms with Gasteiger partial charge in [0, 0.05) is 5.56 Å². The number of amides is 2. The van der Waals surface area contributed by atoms with E-state index < -0.39 is 6.04 Å². The number of ether oxygens (including phenoxy) is 3. The van der Waals surface area contributed by atoms with E-state index >= 15 is 0 Å². The zero-order valence-electron chi connectivity index (χ0n) is 17.2. The fourth-order valence-corrected chi connectivity index (χ4v) is 2.63. The van der Waals surface area contributed by atoms with Gasteiger partial charge in [-0.3, -0.25) is 9.59 Å². The molecule has 7 nitrogen and oxygen atoms in total. The average Bonchev–Trinajstić information content (AvgIpc) is 2.75. The number of nitrogens with one attached hydrogen (secondary N) is 2. The molecule has 2 N–H and O–H groups in total. The first-order valence-corrected chi connectivity index (χ1v) is 9.44. The van der Waals surface area contributed by atoms with Gasteiger partial charge in [-0.1, -0.05) is 13.8 Å². The zero-order chi connectivity index (χ0) is 21.2. The average molecular weight is 400 g/mol. The summed E-state index contributed by atoms with van der Waals surface area (Å²) in [6.45, 7) is 4.40. The lowest BCUT2D eigenvalue weighted by molar-refractivity contribution is -0.124. The van der Waals surface area contributed by atoms with Crippen molar-refractivity contribution in [3.8, 4) is 17.2 Å². The lowest BCUT2D eigenvalue weighted by Gasteiger charge is -2.22. The maximum absolute atomic E-state index is 12.5. The summed E-state index contributed by atoms with van der Waals surface area (Å²) in [4.78, 5) is 25.0. The van der Waals surface area contributed by atoms with Gasteiger partial charge in [-0.2, -0.15) is 0 Å². The van der Waals surface area contributed by atoms with Crippen LogP contribution in [0.1, 0.15) is 24.2 Å². The molecule has 0 bridgehead atoms. The van der Waals surface area contributed by atoms with Crippen molar-refractivity contribution >= 4 is 11.8 Å². The minimum atomic E-state index is -0.648. The molecule has 0 heterocycles. The Morgan fingerprint density at radius 1 is 0.862 bits per heavy atom. The predicted octanol–water partition coefficient (Wildman–Crippen LogP) is 2.65. The van der Waals surface area contributed by atoms with Gasteiger partial charge in [0.1, 0.15) is 29.9 Å². The predicted molar refractivity (Wildman–Crippen MR) is 111 cm³/mol. The van der Waals surface area contributed by atoms with Crippen LogP contribution in [0, 0.1) is 5.92 Å². The summed E-state index contributed by atoms with van der Waals surface area (Å²) in [6, 6.07) is 13.3. The van der Waals surface area contributed by atoms with Crippen LogP contribution in [0.4, 0.5) is 0 Å². The molecule has 0 aromatic heterocycles. The number of carbonyl (C=O) groups is 2. The molecule has 0 aliphatic carbocycles. The van der Waals surface area contributed by atoms with Gasteiger partial charge in [0.15, 0.2) is 0 Å². The number of hydrogen-bond donors (Lipinski definition) is 2. The van der Waals surface area contributed by atoms with E-state index in [2.05, 4.69) is 10.6 Å². The Morgan fingerprint density at radius 3 is 1.90 bits per heavy atom. The molecule has 2 amide bonds. The second-order valence-electron chi connectivity index (χ2n) is 6.74. The standard InChI is InChI=1S/C22H28N2O5/c1-15(2)20(24-21(25)16-5-7-17(27-3)8-6-16)22(26)23-13-14-29-19-11-9-18(28-4)10-12-19/h5-12,15,20H,13-14H2,1-4H3,(H,23,26)(H,24,25). The molecule has 7 heteroatoms. The Kier molecular flexibility index (Phi) is 8.33. The molecule has 0 radical (unpaired) electrons. The highest BCUT2D eigenvalue weighted by Crippen LogP contribution is 2.16. The van der Waals surface area contributed by atoms with Crippen molar-refractivity contribution in [2.24, 2.45) is 5.92 Å². The number of methoxy groups -OCH3 is 2. The van der Waals surface area contributed by atoms with E-state index in [1.54, 1.807) is 62.8 Å². The third-order valence-corrected chi connectivity index (χ3v) is 4.32. The summed E-state index contributed by atoms with van der Waals surface area (Å²) in [6.07, 6.45) is 0. The number of hydrogen-bond acceptors (Lipinski definition) is 5. The van der Waals surface area contributed by atoms with E-state index in [4.69, 9.17) is 14.2 Å². The van der Waals surface area contributed by atoms with Crippen LogP contribution in [0.3, 0.4) is 0 Å². The third kappa shape index (κ3) is 6.71. The first-order chi connectivity index (χ1) is 13.9. The summed E-state index contributed by atoms with van der Waals surface area (Å²) in [7, 11) is 3.16. The Bertz CT molecular complexity index is 788. The monoisotopic (exact) mass is 400 g/mol. The molecule has 0 saturated heterocycles. The van der Waals surface area contributed by atoms with E-state index in [0.717, 1.165) is 5.75 Å². The Balaban J connectivity index is 1.83. The van der Waals surface area contributed by atoms with E-state index in [9.17, 15) is 9.59 Å². The highest BCUT2D eigenvalue weighted by atomic mass is 16.5. The number of rotatable bonds is 10. The molecule has 29 heavy (non-hydrogen) atoms. The van der Waals surface area contributed by atoms with Crippen LogP contribution in [0.5, 0.6) is 17.2 Å². The molecular weight excluding hydrogens is 372 g/mol. The zero-order valence-corrected chi connectivity index (χ0v) is 17.2. The minimum absolute atomic E-state index is 0.0697. The first kappa shape index (κ1) is 22.1. The number of carbonyl (C=O) groups excluding carboxylic acids is 2. The van der Waals surface area contributed by atoms with E-state index in [-0.39, 0.29) is 17.7 Å². The lowest BCUT2D eigenvalue weighted by Crippen LogP contribution is -2.50. The molecule has 2 rings (SSSR count). The summed E-state index contributed by atoms with van der Waals surface area (Å²) < 4.78 is 15.8. The van der Waals surface area contributed by atoms with Gasteiger partial charge in [-0.15, -0.1) is 0 Å². The SMILES string of the molecule is COc1ccc(OCCNC(=O)C(NC(=O)c2ccc(OC)cc2)C(C)C)cc1. The van der Waals surface area contributed by atoms with Crippen molar-refractivity contribution in [3.05, 3.63) is 54.1 Å².